The van der Waals surface area contributed by atoms with Crippen LogP contribution in [0.25, 0.3) is 0 Å². The van der Waals surface area contributed by atoms with Gasteiger partial charge in [0.05, 0.1) is 11.7 Å². The van der Waals surface area contributed by atoms with Crippen molar-refractivity contribution < 1.29 is 0 Å². The van der Waals surface area contributed by atoms with E-state index in [2.05, 4.69) is 61.6 Å². The molecule has 4 nitrogen and oxygen atoms in total. The van der Waals surface area contributed by atoms with Gasteiger partial charge in [-0.2, -0.15) is 5.10 Å². The van der Waals surface area contributed by atoms with Crippen molar-refractivity contribution in [2.24, 2.45) is 0 Å². The Balaban J connectivity index is 2.14. The van der Waals surface area contributed by atoms with Gasteiger partial charge in [0.2, 0.25) is 0 Å². The molecule has 116 valence electrons. The zero-order chi connectivity index (χ0) is 15.6. The first kappa shape index (κ1) is 16.2. The Morgan fingerprint density at radius 2 is 1.95 bits per heavy atom. The van der Waals surface area contributed by atoms with Crippen LogP contribution >= 0.6 is 11.3 Å². The fourth-order valence-corrected chi connectivity index (χ4v) is 3.73. The van der Waals surface area contributed by atoms with Crippen LogP contribution in [0.4, 0.5) is 0 Å². The lowest BCUT2D eigenvalue weighted by molar-refractivity contribution is 0.489. The summed E-state index contributed by atoms with van der Waals surface area (Å²) in [6, 6.07) is 0.531. The summed E-state index contributed by atoms with van der Waals surface area (Å²) >= 11 is 1.80. The normalized spacial score (nSPS) is 14.4. The Bertz CT molecular complexity index is 599. The minimum atomic E-state index is 0.258. The number of aromatic nitrogens is 3. The third kappa shape index (κ3) is 3.35. The third-order valence-corrected chi connectivity index (χ3v) is 5.28. The van der Waals surface area contributed by atoms with Crippen LogP contribution in [0.3, 0.4) is 0 Å². The molecule has 0 bridgehead atoms. The van der Waals surface area contributed by atoms with Crippen molar-refractivity contribution in [1.29, 1.82) is 0 Å². The van der Waals surface area contributed by atoms with Crippen LogP contribution < -0.4 is 5.32 Å². The van der Waals surface area contributed by atoms with Crippen LogP contribution in [0.15, 0.2) is 6.20 Å². The second-order valence-electron chi connectivity index (χ2n) is 5.53. The number of rotatable bonds is 6. The summed E-state index contributed by atoms with van der Waals surface area (Å²) in [5.41, 5.74) is 3.70. The fraction of sp³-hybridized carbons (Fsp3) is 0.625. The van der Waals surface area contributed by atoms with Gasteiger partial charge in [0, 0.05) is 34.9 Å². The summed E-state index contributed by atoms with van der Waals surface area (Å²) < 4.78 is 2.08. The van der Waals surface area contributed by atoms with Crippen LogP contribution in [0.1, 0.15) is 66.6 Å². The number of aryl methyl sites for hydroxylation is 3. The smallest absolute Gasteiger partial charge is 0.109 e. The SMILES string of the molecule is CCc1cnc(C(C)NC(C)c2c(C)nn(CC)c2C)s1. The first-order valence-corrected chi connectivity index (χ1v) is 8.54. The number of nitrogens with one attached hydrogen (secondary N) is 1. The zero-order valence-electron chi connectivity index (χ0n) is 13.9. The molecule has 0 spiro atoms. The van der Waals surface area contributed by atoms with Crippen LogP contribution in [0, 0.1) is 13.8 Å². The van der Waals surface area contributed by atoms with E-state index in [9.17, 15) is 0 Å². The van der Waals surface area contributed by atoms with E-state index in [0.29, 0.717) is 0 Å². The molecule has 2 aromatic heterocycles. The molecule has 2 rings (SSSR count). The number of hydrogen-bond acceptors (Lipinski definition) is 4. The average Bonchev–Trinajstić information content (AvgIpc) is 3.03. The Kier molecular flexibility index (Phi) is 5.17. The highest BCUT2D eigenvalue weighted by molar-refractivity contribution is 7.11. The molecule has 0 aliphatic heterocycles. The van der Waals surface area contributed by atoms with E-state index in [0.717, 1.165) is 23.7 Å². The topological polar surface area (TPSA) is 42.7 Å². The van der Waals surface area contributed by atoms with E-state index in [1.165, 1.54) is 16.1 Å². The molecule has 2 heterocycles. The summed E-state index contributed by atoms with van der Waals surface area (Å²) in [6.45, 7) is 13.9. The quantitative estimate of drug-likeness (QED) is 0.878. The molecule has 0 saturated heterocycles. The molecule has 2 aromatic rings. The molecule has 2 atom stereocenters. The van der Waals surface area contributed by atoms with Gasteiger partial charge >= 0.3 is 0 Å². The Morgan fingerprint density at radius 3 is 2.48 bits per heavy atom. The highest BCUT2D eigenvalue weighted by Crippen LogP contribution is 2.26. The molecule has 0 aromatic carbocycles. The standard InChI is InChI=1S/C16H26N4S/c1-7-14-9-17-16(21-14)12(5)18-10(3)15-11(4)19-20(8-2)13(15)6/h9-10,12,18H,7-8H2,1-6H3. The maximum atomic E-state index is 4.61. The molecule has 0 fully saturated rings. The van der Waals surface area contributed by atoms with Crippen molar-refractivity contribution in [1.82, 2.24) is 20.1 Å². The van der Waals surface area contributed by atoms with Gasteiger partial charge in [0.1, 0.15) is 5.01 Å². The molecule has 0 aliphatic carbocycles. The molecule has 21 heavy (non-hydrogen) atoms. The summed E-state index contributed by atoms with van der Waals surface area (Å²) in [5, 5.41) is 9.44. The van der Waals surface area contributed by atoms with Crippen molar-refractivity contribution in [2.45, 2.75) is 66.6 Å². The van der Waals surface area contributed by atoms with E-state index in [1.54, 1.807) is 11.3 Å². The van der Waals surface area contributed by atoms with Crippen molar-refractivity contribution in [2.75, 3.05) is 0 Å². The van der Waals surface area contributed by atoms with Crippen LogP contribution in [-0.2, 0) is 13.0 Å². The second-order valence-corrected chi connectivity index (χ2v) is 6.68. The fourth-order valence-electron chi connectivity index (χ4n) is 2.86. The largest absolute Gasteiger partial charge is 0.301 e. The van der Waals surface area contributed by atoms with E-state index in [1.807, 2.05) is 6.20 Å². The lowest BCUT2D eigenvalue weighted by Gasteiger charge is -2.19. The Morgan fingerprint density at radius 1 is 1.24 bits per heavy atom. The molecule has 1 N–H and O–H groups in total. The Labute approximate surface area is 131 Å². The molecule has 0 aliphatic rings. The van der Waals surface area contributed by atoms with Crippen LogP contribution in [0.2, 0.25) is 0 Å². The maximum absolute atomic E-state index is 4.61. The van der Waals surface area contributed by atoms with E-state index in [-0.39, 0.29) is 12.1 Å². The predicted octanol–water partition coefficient (Wildman–Crippen LogP) is 3.95. The molecule has 0 radical (unpaired) electrons. The number of nitrogens with zero attached hydrogens (tertiary/aromatic N) is 3. The van der Waals surface area contributed by atoms with Gasteiger partial charge < -0.3 is 5.32 Å². The molecule has 5 heteroatoms. The van der Waals surface area contributed by atoms with Gasteiger partial charge in [-0.15, -0.1) is 11.3 Å². The molecular weight excluding hydrogens is 280 g/mol. The maximum Gasteiger partial charge on any atom is 0.109 e. The third-order valence-electron chi connectivity index (χ3n) is 3.96. The van der Waals surface area contributed by atoms with E-state index >= 15 is 0 Å². The number of thiazole rings is 1. The van der Waals surface area contributed by atoms with Crippen molar-refractivity contribution in [3.05, 3.63) is 33.0 Å². The summed E-state index contributed by atoms with van der Waals surface area (Å²) in [4.78, 5) is 5.88. The summed E-state index contributed by atoms with van der Waals surface area (Å²) in [5.74, 6) is 0. The average molecular weight is 306 g/mol. The van der Waals surface area contributed by atoms with Crippen LogP contribution in [0.5, 0.6) is 0 Å². The molecule has 0 saturated carbocycles. The van der Waals surface area contributed by atoms with E-state index < -0.39 is 0 Å². The van der Waals surface area contributed by atoms with Gasteiger partial charge in [-0.3, -0.25) is 4.68 Å². The summed E-state index contributed by atoms with van der Waals surface area (Å²) in [6.07, 6.45) is 3.05. The first-order chi connectivity index (χ1) is 9.97. The lowest BCUT2D eigenvalue weighted by Crippen LogP contribution is -2.23. The second kappa shape index (κ2) is 6.71. The van der Waals surface area contributed by atoms with Gasteiger partial charge in [0.25, 0.3) is 0 Å². The first-order valence-electron chi connectivity index (χ1n) is 7.72. The molecule has 2 unspecified atom stereocenters. The van der Waals surface area contributed by atoms with Gasteiger partial charge in [-0.25, -0.2) is 4.98 Å². The van der Waals surface area contributed by atoms with Crippen molar-refractivity contribution >= 4 is 11.3 Å². The van der Waals surface area contributed by atoms with Crippen LogP contribution in [-0.4, -0.2) is 14.8 Å². The van der Waals surface area contributed by atoms with E-state index in [4.69, 9.17) is 0 Å². The lowest BCUT2D eigenvalue weighted by atomic mass is 10.1. The monoisotopic (exact) mass is 306 g/mol. The predicted molar refractivity (Wildman–Crippen MR) is 88.8 cm³/mol. The van der Waals surface area contributed by atoms with Gasteiger partial charge in [0.15, 0.2) is 0 Å². The zero-order valence-corrected chi connectivity index (χ0v) is 14.7. The molecular formula is C16H26N4S. The molecule has 0 amide bonds. The number of hydrogen-bond donors (Lipinski definition) is 1. The van der Waals surface area contributed by atoms with Gasteiger partial charge in [-0.1, -0.05) is 6.92 Å². The minimum Gasteiger partial charge on any atom is -0.301 e. The highest BCUT2D eigenvalue weighted by Gasteiger charge is 2.20. The van der Waals surface area contributed by atoms with Crippen molar-refractivity contribution in [3.63, 3.8) is 0 Å². The van der Waals surface area contributed by atoms with Crippen molar-refractivity contribution in [3.8, 4) is 0 Å². The minimum absolute atomic E-state index is 0.258. The highest BCUT2D eigenvalue weighted by atomic mass is 32.1. The van der Waals surface area contributed by atoms with Gasteiger partial charge in [-0.05, 0) is 41.0 Å². The summed E-state index contributed by atoms with van der Waals surface area (Å²) in [7, 11) is 0. The Hall–Kier alpha value is -1.20.